The molecular weight excluding hydrogens is 621 g/mol. The molecule has 0 amide bonds. The second-order valence-corrected chi connectivity index (χ2v) is 26.3. The molecule has 0 spiro atoms. The van der Waals surface area contributed by atoms with Gasteiger partial charge in [0.1, 0.15) is 10.6 Å². The van der Waals surface area contributed by atoms with E-state index in [-0.39, 0.29) is 0 Å². The van der Waals surface area contributed by atoms with Crippen LogP contribution in [0.25, 0.3) is 22.3 Å². The van der Waals surface area contributed by atoms with Crippen molar-refractivity contribution in [2.24, 2.45) is 0 Å². The molecule has 0 radical (unpaired) electrons. The van der Waals surface area contributed by atoms with Crippen molar-refractivity contribution in [3.8, 4) is 22.3 Å². The van der Waals surface area contributed by atoms with Gasteiger partial charge in [0, 0.05) is 25.1 Å². The van der Waals surface area contributed by atoms with E-state index in [9.17, 15) is 0 Å². The summed E-state index contributed by atoms with van der Waals surface area (Å²) in [6.45, 7) is 25.0. The van der Waals surface area contributed by atoms with E-state index < -0.39 is 22.4 Å². The third-order valence-corrected chi connectivity index (χ3v) is 25.3. The van der Waals surface area contributed by atoms with Crippen LogP contribution in [0.5, 0.6) is 0 Å². The van der Waals surface area contributed by atoms with E-state index >= 15 is 0 Å². The Kier molecular flexibility index (Phi) is 11.3. The highest BCUT2D eigenvalue weighted by molar-refractivity contribution is 7.90. The molecule has 3 heteroatoms. The number of hydrogen-bond acceptors (Lipinski definition) is 0. The summed E-state index contributed by atoms with van der Waals surface area (Å²) >= 11 is 0. The van der Waals surface area contributed by atoms with Crippen LogP contribution in [0.4, 0.5) is 0 Å². The summed E-state index contributed by atoms with van der Waals surface area (Å²) in [4.78, 5) is 0. The zero-order chi connectivity index (χ0) is 33.9. The maximum Gasteiger partial charge on any atom is 0.103 e. The van der Waals surface area contributed by atoms with Gasteiger partial charge >= 0.3 is 0 Å². The van der Waals surface area contributed by atoms with Crippen LogP contribution in [0.1, 0.15) is 55.4 Å². The first-order valence-corrected chi connectivity index (χ1v) is 23.5. The normalized spacial score (nSPS) is 12.6. The molecular formula is C44H55P3+2. The lowest BCUT2D eigenvalue weighted by Gasteiger charge is -2.37. The Morgan fingerprint density at radius 3 is 1.02 bits per heavy atom. The van der Waals surface area contributed by atoms with E-state index in [4.69, 9.17) is 0 Å². The van der Waals surface area contributed by atoms with Gasteiger partial charge in [0.25, 0.3) is 0 Å². The number of rotatable bonds is 11. The first-order chi connectivity index (χ1) is 22.4. The highest BCUT2D eigenvalue weighted by Gasteiger charge is 2.48. The number of hydrogen-bond donors (Lipinski definition) is 0. The summed E-state index contributed by atoms with van der Waals surface area (Å²) in [5, 5.41) is 7.79. The molecule has 0 fully saturated rings. The smallest absolute Gasteiger partial charge is 0.0622 e. The van der Waals surface area contributed by atoms with Crippen molar-refractivity contribution >= 4 is 49.0 Å². The Labute approximate surface area is 288 Å². The SMILES string of the molecule is CC(C)[P+](C)(c1cc(-c2ccccc2)ccc1P(c1ccccc1)c1ccc(-c2ccccc2)cc1[P+](C)(C(C)C)C(C)C)C(C)C. The molecule has 47 heavy (non-hydrogen) atoms. The molecule has 0 saturated carbocycles. The van der Waals surface area contributed by atoms with Gasteiger partial charge in [-0.1, -0.05) is 103 Å². The quantitative estimate of drug-likeness (QED) is 0.122. The number of benzene rings is 5. The molecule has 244 valence electrons. The minimum absolute atomic E-state index is 0.587. The van der Waals surface area contributed by atoms with Crippen molar-refractivity contribution in [3.63, 3.8) is 0 Å². The van der Waals surface area contributed by atoms with Crippen molar-refractivity contribution in [3.05, 3.63) is 127 Å². The maximum atomic E-state index is 2.63. The molecule has 0 aliphatic carbocycles. The largest absolute Gasteiger partial charge is 0.103 e. The fraction of sp³-hybridized carbons (Fsp3) is 0.318. The third-order valence-electron chi connectivity index (χ3n) is 11.0. The molecule has 0 nitrogen and oxygen atoms in total. The molecule has 0 bridgehead atoms. The van der Waals surface area contributed by atoms with Crippen molar-refractivity contribution < 1.29 is 0 Å². The van der Waals surface area contributed by atoms with Gasteiger partial charge in [0.05, 0.1) is 36.0 Å². The van der Waals surface area contributed by atoms with Crippen molar-refractivity contribution in [1.29, 1.82) is 0 Å². The molecule has 0 aliphatic heterocycles. The second kappa shape index (κ2) is 14.9. The van der Waals surface area contributed by atoms with Crippen LogP contribution in [0.2, 0.25) is 0 Å². The average Bonchev–Trinajstić information content (AvgIpc) is 3.08. The summed E-state index contributed by atoms with van der Waals surface area (Å²) in [6.07, 6.45) is 0. The van der Waals surface area contributed by atoms with Crippen LogP contribution in [-0.4, -0.2) is 36.0 Å². The molecule has 5 aromatic carbocycles. The minimum atomic E-state index is -1.57. The molecule has 0 N–H and O–H groups in total. The zero-order valence-corrected chi connectivity index (χ0v) is 33.0. The Morgan fingerprint density at radius 2 is 0.702 bits per heavy atom. The Hall–Kier alpha value is -2.61. The third kappa shape index (κ3) is 6.95. The van der Waals surface area contributed by atoms with Gasteiger partial charge in [-0.25, -0.2) is 0 Å². The zero-order valence-electron chi connectivity index (χ0n) is 30.3. The van der Waals surface area contributed by atoms with Crippen LogP contribution in [-0.2, 0) is 0 Å². The topological polar surface area (TPSA) is 0 Å². The van der Waals surface area contributed by atoms with Crippen molar-refractivity contribution in [2.75, 3.05) is 13.3 Å². The predicted molar refractivity (Wildman–Crippen MR) is 222 cm³/mol. The summed E-state index contributed by atoms with van der Waals surface area (Å²) < 4.78 is 0. The second-order valence-electron chi connectivity index (χ2n) is 14.5. The van der Waals surface area contributed by atoms with Crippen LogP contribution >= 0.6 is 22.4 Å². The van der Waals surface area contributed by atoms with Gasteiger partial charge in [-0.15, -0.1) is 0 Å². The van der Waals surface area contributed by atoms with Gasteiger partial charge in [-0.05, 0) is 115 Å². The predicted octanol–water partition coefficient (Wildman–Crippen LogP) is 11.0. The summed E-state index contributed by atoms with van der Waals surface area (Å²) in [5.41, 5.74) is 7.62. The van der Waals surface area contributed by atoms with Crippen LogP contribution < -0.4 is 26.5 Å². The molecule has 0 aromatic heterocycles. The lowest BCUT2D eigenvalue weighted by atomic mass is 10.1. The van der Waals surface area contributed by atoms with E-state index in [1.807, 2.05) is 0 Å². The van der Waals surface area contributed by atoms with E-state index in [0.717, 1.165) is 0 Å². The molecule has 5 aromatic rings. The molecule has 0 unspecified atom stereocenters. The lowest BCUT2D eigenvalue weighted by molar-refractivity contribution is 0.999. The first kappa shape index (κ1) is 35.7. The van der Waals surface area contributed by atoms with Gasteiger partial charge in [-0.3, -0.25) is 0 Å². The van der Waals surface area contributed by atoms with Gasteiger partial charge in [0.2, 0.25) is 0 Å². The van der Waals surface area contributed by atoms with Gasteiger partial charge in [0.15, 0.2) is 0 Å². The van der Waals surface area contributed by atoms with Crippen LogP contribution in [0.15, 0.2) is 127 Å². The molecule has 0 atom stereocenters. The molecule has 5 rings (SSSR count). The summed E-state index contributed by atoms with van der Waals surface area (Å²) in [6, 6.07) is 48.6. The Balaban J connectivity index is 1.90. The standard InChI is InChI=1S/C44H55P3/c1-32(2)46(9,33(3)4)43-30-38(36-20-14-11-15-21-36)26-28-41(43)45(40-24-18-13-19-25-40)42-29-27-39(37-22-16-12-17-23-37)31-44(42)47(10,34(5)6)35(7)8/h11-35H,1-10H3/q+2. The fourth-order valence-corrected chi connectivity index (χ4v) is 17.9. The average molecular weight is 677 g/mol. The molecule has 0 aliphatic rings. The summed E-state index contributed by atoms with van der Waals surface area (Å²) in [7, 11) is -3.97. The Morgan fingerprint density at radius 1 is 0.383 bits per heavy atom. The van der Waals surface area contributed by atoms with Crippen LogP contribution in [0.3, 0.4) is 0 Å². The monoisotopic (exact) mass is 676 g/mol. The Bertz CT molecular complexity index is 1630. The lowest BCUT2D eigenvalue weighted by Crippen LogP contribution is -2.42. The molecule has 0 saturated heterocycles. The van der Waals surface area contributed by atoms with Crippen molar-refractivity contribution in [2.45, 2.75) is 78.0 Å². The van der Waals surface area contributed by atoms with E-state index in [2.05, 4.69) is 196 Å². The van der Waals surface area contributed by atoms with E-state index in [1.54, 1.807) is 21.2 Å². The summed E-state index contributed by atoms with van der Waals surface area (Å²) in [5.74, 6) is 0. The first-order valence-electron chi connectivity index (χ1n) is 17.4. The van der Waals surface area contributed by atoms with Crippen molar-refractivity contribution in [1.82, 2.24) is 0 Å². The molecule has 0 heterocycles. The van der Waals surface area contributed by atoms with E-state index in [1.165, 1.54) is 27.6 Å². The maximum absolute atomic E-state index is 2.63. The fourth-order valence-electron chi connectivity index (χ4n) is 7.11. The highest BCUT2D eigenvalue weighted by Crippen LogP contribution is 2.65. The highest BCUT2D eigenvalue weighted by atomic mass is 31.2. The van der Waals surface area contributed by atoms with Crippen LogP contribution in [0, 0.1) is 0 Å². The van der Waals surface area contributed by atoms with Gasteiger partial charge < -0.3 is 0 Å². The van der Waals surface area contributed by atoms with Gasteiger partial charge in [-0.2, -0.15) is 0 Å². The minimum Gasteiger partial charge on any atom is -0.0622 e. The van der Waals surface area contributed by atoms with E-state index in [0.29, 0.717) is 22.6 Å².